The fourth-order valence-corrected chi connectivity index (χ4v) is 4.76. The van der Waals surface area contributed by atoms with Crippen LogP contribution in [-0.4, -0.2) is 60.7 Å². The molecule has 1 heterocycles. The molecule has 3 atom stereocenters. The van der Waals surface area contributed by atoms with Crippen molar-refractivity contribution in [1.29, 1.82) is 0 Å². The molecule has 5 nitrogen and oxygen atoms in total. The number of aliphatic hydroxyl groups excluding tert-OH is 2. The van der Waals surface area contributed by atoms with E-state index in [1.54, 1.807) is 14.2 Å². The Balaban J connectivity index is 1.65. The average Bonchev–Trinajstić information content (AvgIpc) is 2.82. The second-order valence-electron chi connectivity index (χ2n) is 8.55. The molecular weight excluding hydrogens is 390 g/mol. The molecule has 0 saturated carbocycles. The second kappa shape index (κ2) is 12.1. The number of methoxy groups -OCH3 is 2. The summed E-state index contributed by atoms with van der Waals surface area (Å²) in [4.78, 5) is 2.46. The highest BCUT2D eigenvalue weighted by Gasteiger charge is 2.31. The Bertz CT molecular complexity index is 737. The zero-order valence-electron chi connectivity index (χ0n) is 18.9. The van der Waals surface area contributed by atoms with Gasteiger partial charge in [0, 0.05) is 18.6 Å². The van der Waals surface area contributed by atoms with E-state index in [2.05, 4.69) is 29.2 Å². The summed E-state index contributed by atoms with van der Waals surface area (Å²) in [6.07, 6.45) is 6.83. The first kappa shape index (κ1) is 23.6. The van der Waals surface area contributed by atoms with Gasteiger partial charge < -0.3 is 19.7 Å². The third-order valence-corrected chi connectivity index (χ3v) is 6.45. The van der Waals surface area contributed by atoms with Crippen LogP contribution in [0.3, 0.4) is 0 Å². The van der Waals surface area contributed by atoms with Gasteiger partial charge in [-0.2, -0.15) is 0 Å². The molecule has 2 N–H and O–H groups in total. The largest absolute Gasteiger partial charge is 0.497 e. The van der Waals surface area contributed by atoms with Gasteiger partial charge >= 0.3 is 0 Å². The van der Waals surface area contributed by atoms with Crippen molar-refractivity contribution >= 4 is 0 Å². The predicted molar refractivity (Wildman–Crippen MR) is 124 cm³/mol. The van der Waals surface area contributed by atoms with Crippen molar-refractivity contribution in [1.82, 2.24) is 4.90 Å². The van der Waals surface area contributed by atoms with Crippen LogP contribution in [-0.2, 0) is 12.8 Å². The first-order chi connectivity index (χ1) is 15.1. The summed E-state index contributed by atoms with van der Waals surface area (Å²) in [6.45, 7) is 0.337. The maximum Gasteiger partial charge on any atom is 0.119 e. The van der Waals surface area contributed by atoms with E-state index in [-0.39, 0.29) is 6.61 Å². The molecular formula is C26H37NO4. The molecule has 5 heteroatoms. The number of piperidine rings is 1. The van der Waals surface area contributed by atoms with Crippen molar-refractivity contribution in [3.63, 3.8) is 0 Å². The lowest BCUT2D eigenvalue weighted by Crippen LogP contribution is -2.50. The van der Waals surface area contributed by atoms with Crippen molar-refractivity contribution in [3.8, 4) is 11.5 Å². The molecule has 2 aromatic carbocycles. The molecule has 0 bridgehead atoms. The summed E-state index contributed by atoms with van der Waals surface area (Å²) in [7, 11) is 3.40. The summed E-state index contributed by atoms with van der Waals surface area (Å²) < 4.78 is 10.7. The van der Waals surface area contributed by atoms with E-state index in [0.717, 1.165) is 50.0 Å². The smallest absolute Gasteiger partial charge is 0.119 e. The van der Waals surface area contributed by atoms with Crippen LogP contribution in [0.4, 0.5) is 0 Å². The zero-order valence-corrected chi connectivity index (χ0v) is 18.9. The lowest BCUT2D eigenvalue weighted by molar-refractivity contribution is 0.00214. The van der Waals surface area contributed by atoms with Crippen molar-refractivity contribution in [3.05, 3.63) is 59.7 Å². The first-order valence-electron chi connectivity index (χ1n) is 11.4. The standard InChI is InChI=1S/C26H37NO4/c1-30-25-10-3-6-20(16-25)12-14-22-8-5-9-23(27(22)18-24(29)19-28)15-13-21-7-4-11-26(17-21)31-2/h3-4,6-7,10-11,16-17,22-24,28-29H,5,8-9,12-15,18-19H2,1-2H3/t22-,23+,24-/m1/s1. The van der Waals surface area contributed by atoms with E-state index in [1.807, 2.05) is 24.3 Å². The molecule has 0 aromatic heterocycles. The Labute approximate surface area is 186 Å². The third kappa shape index (κ3) is 6.96. The minimum Gasteiger partial charge on any atom is -0.497 e. The maximum absolute atomic E-state index is 10.2. The molecule has 1 saturated heterocycles. The number of likely N-dealkylation sites (tertiary alicyclic amines) is 1. The number of ether oxygens (including phenoxy) is 2. The molecule has 1 aliphatic heterocycles. The quantitative estimate of drug-likeness (QED) is 0.570. The van der Waals surface area contributed by atoms with Gasteiger partial charge in [-0.15, -0.1) is 0 Å². The van der Waals surface area contributed by atoms with Crippen LogP contribution < -0.4 is 9.47 Å². The molecule has 3 rings (SSSR count). The van der Waals surface area contributed by atoms with Crippen molar-refractivity contribution in [2.45, 2.75) is 63.1 Å². The summed E-state index contributed by atoms with van der Waals surface area (Å²) in [5, 5.41) is 19.7. The van der Waals surface area contributed by atoms with Gasteiger partial charge in [-0.1, -0.05) is 30.7 Å². The Morgan fingerprint density at radius 3 is 1.87 bits per heavy atom. The van der Waals surface area contributed by atoms with E-state index < -0.39 is 6.10 Å². The van der Waals surface area contributed by atoms with Crippen LogP contribution in [0.15, 0.2) is 48.5 Å². The number of hydrogen-bond acceptors (Lipinski definition) is 5. The normalized spacial score (nSPS) is 20.4. The highest BCUT2D eigenvalue weighted by molar-refractivity contribution is 5.29. The molecule has 0 aliphatic carbocycles. The average molecular weight is 428 g/mol. The van der Waals surface area contributed by atoms with Crippen LogP contribution >= 0.6 is 0 Å². The van der Waals surface area contributed by atoms with Crippen LogP contribution in [0, 0.1) is 0 Å². The maximum atomic E-state index is 10.2. The highest BCUT2D eigenvalue weighted by atomic mass is 16.5. The Kier molecular flexibility index (Phi) is 9.19. The van der Waals surface area contributed by atoms with Crippen LogP contribution in [0.2, 0.25) is 0 Å². The zero-order chi connectivity index (χ0) is 22.1. The number of rotatable bonds is 11. The molecule has 0 unspecified atom stereocenters. The summed E-state index contributed by atoms with van der Waals surface area (Å²) in [6, 6.07) is 17.4. The molecule has 170 valence electrons. The Morgan fingerprint density at radius 1 is 0.903 bits per heavy atom. The summed E-state index contributed by atoms with van der Waals surface area (Å²) in [5.41, 5.74) is 2.56. The van der Waals surface area contributed by atoms with E-state index >= 15 is 0 Å². The minimum atomic E-state index is -0.697. The van der Waals surface area contributed by atoms with Crippen LogP contribution in [0.25, 0.3) is 0 Å². The molecule has 1 aliphatic rings. The van der Waals surface area contributed by atoms with Gasteiger partial charge in [-0.05, 0) is 73.9 Å². The van der Waals surface area contributed by atoms with E-state index in [9.17, 15) is 10.2 Å². The number of β-amino-alcohol motifs (C(OH)–C–C–N with tert-alkyl or cyclic N) is 1. The first-order valence-corrected chi connectivity index (χ1v) is 11.4. The van der Waals surface area contributed by atoms with Gasteiger partial charge in [-0.25, -0.2) is 0 Å². The molecule has 2 aromatic rings. The molecule has 31 heavy (non-hydrogen) atoms. The number of nitrogens with zero attached hydrogens (tertiary/aromatic N) is 1. The van der Waals surface area contributed by atoms with E-state index in [1.165, 1.54) is 17.5 Å². The Morgan fingerprint density at radius 2 is 1.42 bits per heavy atom. The topological polar surface area (TPSA) is 62.2 Å². The number of aliphatic hydroxyl groups is 2. The van der Waals surface area contributed by atoms with E-state index in [4.69, 9.17) is 9.47 Å². The van der Waals surface area contributed by atoms with Gasteiger partial charge in [0.15, 0.2) is 0 Å². The fourth-order valence-electron chi connectivity index (χ4n) is 4.76. The second-order valence-corrected chi connectivity index (χ2v) is 8.55. The van der Waals surface area contributed by atoms with E-state index in [0.29, 0.717) is 18.6 Å². The summed E-state index contributed by atoms with van der Waals surface area (Å²) in [5.74, 6) is 1.79. The summed E-state index contributed by atoms with van der Waals surface area (Å²) >= 11 is 0. The SMILES string of the molecule is COc1cccc(CC[C@H]2CCC[C@@H](CCc3cccc(OC)c3)N2C[C@@H](O)CO)c1. The minimum absolute atomic E-state index is 0.193. The van der Waals surface area contributed by atoms with Gasteiger partial charge in [0.25, 0.3) is 0 Å². The van der Waals surface area contributed by atoms with Crippen molar-refractivity contribution in [2.24, 2.45) is 0 Å². The van der Waals surface area contributed by atoms with Gasteiger partial charge in [-0.3, -0.25) is 4.90 Å². The highest BCUT2D eigenvalue weighted by Crippen LogP contribution is 2.30. The molecule has 1 fully saturated rings. The number of hydrogen-bond donors (Lipinski definition) is 2. The molecule has 0 spiro atoms. The lowest BCUT2D eigenvalue weighted by atomic mass is 9.88. The number of aryl methyl sites for hydroxylation is 2. The van der Waals surface area contributed by atoms with Gasteiger partial charge in [0.1, 0.15) is 11.5 Å². The molecule has 0 radical (unpaired) electrons. The van der Waals surface area contributed by atoms with Crippen LogP contribution in [0.5, 0.6) is 11.5 Å². The monoisotopic (exact) mass is 427 g/mol. The fraction of sp³-hybridized carbons (Fsp3) is 0.538. The van der Waals surface area contributed by atoms with Crippen molar-refractivity contribution in [2.75, 3.05) is 27.4 Å². The van der Waals surface area contributed by atoms with Crippen molar-refractivity contribution < 1.29 is 19.7 Å². The van der Waals surface area contributed by atoms with Gasteiger partial charge in [0.05, 0.1) is 26.9 Å². The van der Waals surface area contributed by atoms with Crippen LogP contribution in [0.1, 0.15) is 43.2 Å². The Hall–Kier alpha value is -2.08. The number of benzene rings is 2. The predicted octanol–water partition coefficient (Wildman–Crippen LogP) is 3.85. The lowest BCUT2D eigenvalue weighted by Gasteiger charge is -2.43. The third-order valence-electron chi connectivity index (χ3n) is 6.45. The van der Waals surface area contributed by atoms with Gasteiger partial charge in [0.2, 0.25) is 0 Å². The molecule has 0 amide bonds.